The molecule has 1 rings (SSSR count). The van der Waals surface area contributed by atoms with Crippen molar-refractivity contribution in [3.63, 3.8) is 0 Å². The minimum atomic E-state index is -3.39. The molecule has 0 aromatic carbocycles. The summed E-state index contributed by atoms with van der Waals surface area (Å²) in [7, 11) is 1.96. The first-order valence-corrected chi connectivity index (χ1v) is 7.49. The van der Waals surface area contributed by atoms with E-state index in [4.69, 9.17) is 10.7 Å². The van der Waals surface area contributed by atoms with E-state index in [2.05, 4.69) is 20.8 Å². The molecule has 1 saturated carbocycles. The fraction of sp³-hybridized carbons (Fsp3) is 1.00. The van der Waals surface area contributed by atoms with E-state index in [0.717, 1.165) is 12.8 Å². The Morgan fingerprint density at radius 2 is 1.86 bits per heavy atom. The van der Waals surface area contributed by atoms with Crippen molar-refractivity contribution >= 4 is 19.7 Å². The van der Waals surface area contributed by atoms with Crippen LogP contribution in [0.25, 0.3) is 0 Å². The molecule has 0 N–H and O–H groups in total. The van der Waals surface area contributed by atoms with E-state index in [1.54, 1.807) is 0 Å². The van der Waals surface area contributed by atoms with Gasteiger partial charge in [0.25, 0.3) is 0 Å². The summed E-state index contributed by atoms with van der Waals surface area (Å²) in [6, 6.07) is 0. The van der Waals surface area contributed by atoms with Crippen molar-refractivity contribution in [1.82, 2.24) is 0 Å². The minimum Gasteiger partial charge on any atom is -0.212 e. The molecule has 0 bridgehead atoms. The molecule has 84 valence electrons. The van der Waals surface area contributed by atoms with Gasteiger partial charge in [0.2, 0.25) is 9.05 Å². The van der Waals surface area contributed by atoms with Crippen LogP contribution in [0.5, 0.6) is 0 Å². The third-order valence-electron chi connectivity index (χ3n) is 4.41. The van der Waals surface area contributed by atoms with Crippen molar-refractivity contribution in [2.24, 2.45) is 16.7 Å². The molecule has 4 heteroatoms. The molecule has 0 radical (unpaired) electrons. The van der Waals surface area contributed by atoms with Crippen LogP contribution in [0.3, 0.4) is 0 Å². The van der Waals surface area contributed by atoms with Gasteiger partial charge in [-0.25, -0.2) is 8.42 Å². The quantitative estimate of drug-likeness (QED) is 0.693. The number of hydrogen-bond acceptors (Lipinski definition) is 2. The minimum absolute atomic E-state index is 0.0506. The average Bonchev–Trinajstić information content (AvgIpc) is 2.11. The zero-order valence-corrected chi connectivity index (χ0v) is 10.9. The molecule has 1 aliphatic rings. The van der Waals surface area contributed by atoms with Crippen molar-refractivity contribution in [3.8, 4) is 0 Å². The van der Waals surface area contributed by atoms with Crippen LogP contribution < -0.4 is 0 Å². The van der Waals surface area contributed by atoms with Gasteiger partial charge in [0.1, 0.15) is 0 Å². The second-order valence-electron chi connectivity index (χ2n) is 5.41. The Labute approximate surface area is 91.5 Å². The molecular formula is C10H19ClO2S. The van der Waals surface area contributed by atoms with E-state index in [-0.39, 0.29) is 16.6 Å². The van der Waals surface area contributed by atoms with E-state index in [1.807, 2.05) is 6.92 Å². The van der Waals surface area contributed by atoms with Crippen molar-refractivity contribution in [1.29, 1.82) is 0 Å². The molecule has 0 heterocycles. The van der Waals surface area contributed by atoms with Gasteiger partial charge in [-0.2, -0.15) is 0 Å². The van der Waals surface area contributed by atoms with Gasteiger partial charge in [-0.3, -0.25) is 0 Å². The van der Waals surface area contributed by atoms with E-state index in [9.17, 15) is 8.42 Å². The largest absolute Gasteiger partial charge is 0.233 e. The highest BCUT2D eigenvalue weighted by atomic mass is 35.7. The Hall–Kier alpha value is 0.240. The number of hydrogen-bond donors (Lipinski definition) is 0. The second kappa shape index (κ2) is 3.38. The molecule has 1 fully saturated rings. The fourth-order valence-electron chi connectivity index (χ4n) is 2.45. The van der Waals surface area contributed by atoms with Gasteiger partial charge in [-0.15, -0.1) is 0 Å². The molecule has 0 saturated heterocycles. The van der Waals surface area contributed by atoms with Crippen molar-refractivity contribution < 1.29 is 8.42 Å². The molecule has 0 amide bonds. The Morgan fingerprint density at radius 3 is 2.14 bits per heavy atom. The molecule has 0 aliphatic heterocycles. The van der Waals surface area contributed by atoms with Crippen molar-refractivity contribution in [3.05, 3.63) is 0 Å². The third-order valence-corrected chi connectivity index (χ3v) is 5.72. The van der Waals surface area contributed by atoms with E-state index in [1.165, 1.54) is 0 Å². The predicted molar refractivity (Wildman–Crippen MR) is 59.9 cm³/mol. The van der Waals surface area contributed by atoms with Crippen LogP contribution in [-0.4, -0.2) is 14.2 Å². The van der Waals surface area contributed by atoms with Gasteiger partial charge in [0, 0.05) is 10.7 Å². The topological polar surface area (TPSA) is 34.1 Å². The van der Waals surface area contributed by atoms with Crippen LogP contribution in [0.4, 0.5) is 0 Å². The predicted octanol–water partition coefficient (Wildman–Crippen LogP) is 3.02. The first kappa shape index (κ1) is 12.3. The van der Waals surface area contributed by atoms with Crippen LogP contribution in [0, 0.1) is 16.7 Å². The van der Waals surface area contributed by atoms with Crippen molar-refractivity contribution in [2.75, 3.05) is 5.75 Å². The monoisotopic (exact) mass is 238 g/mol. The van der Waals surface area contributed by atoms with Crippen LogP contribution in [0.2, 0.25) is 0 Å². The number of rotatable bonds is 2. The van der Waals surface area contributed by atoms with Gasteiger partial charge in [-0.1, -0.05) is 27.7 Å². The van der Waals surface area contributed by atoms with E-state index < -0.39 is 9.05 Å². The maximum Gasteiger partial charge on any atom is 0.233 e. The average molecular weight is 239 g/mol. The van der Waals surface area contributed by atoms with E-state index >= 15 is 0 Å². The van der Waals surface area contributed by atoms with Crippen LogP contribution in [0.1, 0.15) is 40.5 Å². The van der Waals surface area contributed by atoms with E-state index in [0.29, 0.717) is 5.92 Å². The Balaban J connectivity index is 2.96. The van der Waals surface area contributed by atoms with Crippen LogP contribution in [-0.2, 0) is 9.05 Å². The fourth-order valence-corrected chi connectivity index (χ4v) is 4.45. The maximum absolute atomic E-state index is 11.2. The van der Waals surface area contributed by atoms with Gasteiger partial charge in [0.15, 0.2) is 0 Å². The van der Waals surface area contributed by atoms with Gasteiger partial charge in [0.05, 0.1) is 5.75 Å². The summed E-state index contributed by atoms with van der Waals surface area (Å²) in [5, 5.41) is 0. The lowest BCUT2D eigenvalue weighted by Gasteiger charge is -2.40. The summed E-state index contributed by atoms with van der Waals surface area (Å²) in [4.78, 5) is 0. The smallest absolute Gasteiger partial charge is 0.212 e. The van der Waals surface area contributed by atoms with Crippen LogP contribution >= 0.6 is 10.7 Å². The molecule has 0 spiro atoms. The first-order valence-electron chi connectivity index (χ1n) is 5.01. The first-order chi connectivity index (χ1) is 6.08. The Bertz CT molecular complexity index is 321. The summed E-state index contributed by atoms with van der Waals surface area (Å²) in [6.07, 6.45) is 2.04. The lowest BCUT2D eigenvalue weighted by atomic mass is 9.67. The molecule has 0 aromatic heterocycles. The standard InChI is InChI=1S/C10H19ClO2S/c1-8-5-6-10(4,9(8,2)3)7-14(11,12)13/h8H,5-7H2,1-4H3. The molecular weight excluding hydrogens is 220 g/mol. The second-order valence-corrected chi connectivity index (χ2v) is 8.18. The Kier molecular flexibility index (Phi) is 2.97. The summed E-state index contributed by atoms with van der Waals surface area (Å²) < 4.78 is 22.3. The summed E-state index contributed by atoms with van der Waals surface area (Å²) in [5.41, 5.74) is -0.123. The summed E-state index contributed by atoms with van der Waals surface area (Å²) in [6.45, 7) is 8.52. The SMILES string of the molecule is CC1CCC(C)(CS(=O)(=O)Cl)C1(C)C. The third kappa shape index (κ3) is 2.08. The highest BCUT2D eigenvalue weighted by molar-refractivity contribution is 8.13. The highest BCUT2D eigenvalue weighted by Gasteiger charge is 2.51. The molecule has 0 aromatic rings. The summed E-state index contributed by atoms with van der Waals surface area (Å²) >= 11 is 0. The lowest BCUT2D eigenvalue weighted by molar-refractivity contribution is 0.119. The normalized spacial score (nSPS) is 37.4. The van der Waals surface area contributed by atoms with Gasteiger partial charge in [-0.05, 0) is 29.6 Å². The molecule has 2 unspecified atom stereocenters. The summed E-state index contributed by atoms with van der Waals surface area (Å²) in [5.74, 6) is 0.657. The Morgan fingerprint density at radius 1 is 1.36 bits per heavy atom. The zero-order chi connectivity index (χ0) is 11.2. The van der Waals surface area contributed by atoms with Crippen LogP contribution in [0.15, 0.2) is 0 Å². The number of halogens is 1. The molecule has 2 atom stereocenters. The molecule has 14 heavy (non-hydrogen) atoms. The maximum atomic E-state index is 11.2. The van der Waals surface area contributed by atoms with Crippen molar-refractivity contribution in [2.45, 2.75) is 40.5 Å². The molecule has 2 nitrogen and oxygen atoms in total. The molecule has 1 aliphatic carbocycles. The van der Waals surface area contributed by atoms with Gasteiger partial charge >= 0.3 is 0 Å². The van der Waals surface area contributed by atoms with Gasteiger partial charge < -0.3 is 0 Å². The lowest BCUT2D eigenvalue weighted by Crippen LogP contribution is -2.38. The zero-order valence-electron chi connectivity index (χ0n) is 9.30. The highest BCUT2D eigenvalue weighted by Crippen LogP contribution is 2.56.